The molecule has 0 radical (unpaired) electrons. The maximum absolute atomic E-state index is 12.9. The van der Waals surface area contributed by atoms with Crippen molar-refractivity contribution in [3.05, 3.63) is 47.1 Å². The van der Waals surface area contributed by atoms with Crippen LogP contribution in [0, 0.1) is 5.82 Å². The van der Waals surface area contributed by atoms with Crippen molar-refractivity contribution < 1.29 is 17.6 Å². The summed E-state index contributed by atoms with van der Waals surface area (Å²) in [5.41, 5.74) is -1.10. The van der Waals surface area contributed by atoms with Crippen molar-refractivity contribution in [2.24, 2.45) is 0 Å². The van der Waals surface area contributed by atoms with Gasteiger partial charge in [0, 0.05) is 11.8 Å². The molecule has 7 heteroatoms. The van der Waals surface area contributed by atoms with Crippen LogP contribution in [0.2, 0.25) is 5.02 Å². The van der Waals surface area contributed by atoms with Crippen LogP contribution < -0.4 is 0 Å². The predicted molar refractivity (Wildman–Crippen MR) is 57.4 cm³/mol. The van der Waals surface area contributed by atoms with E-state index in [1.165, 1.54) is 12.3 Å². The summed E-state index contributed by atoms with van der Waals surface area (Å²) < 4.78 is 50.7. The van der Waals surface area contributed by atoms with Gasteiger partial charge in [-0.2, -0.15) is 13.2 Å². The van der Waals surface area contributed by atoms with E-state index in [0.29, 0.717) is 0 Å². The van der Waals surface area contributed by atoms with Crippen LogP contribution in [-0.4, -0.2) is 9.97 Å². The Balaban J connectivity index is 2.54. The van der Waals surface area contributed by atoms with Gasteiger partial charge in [0.1, 0.15) is 5.82 Å². The quantitative estimate of drug-likeness (QED) is 0.737. The second-order valence-corrected chi connectivity index (χ2v) is 3.82. The number of rotatable bonds is 1. The van der Waals surface area contributed by atoms with Crippen LogP contribution in [0.1, 0.15) is 5.69 Å². The number of hydrogen-bond donors (Lipinski definition) is 0. The Kier molecular flexibility index (Phi) is 3.21. The minimum atomic E-state index is -4.66. The lowest BCUT2D eigenvalue weighted by molar-refractivity contribution is -0.141. The van der Waals surface area contributed by atoms with Crippen LogP contribution in [0.25, 0.3) is 11.3 Å². The molecule has 0 N–H and O–H groups in total. The molecule has 0 aliphatic heterocycles. The molecule has 0 amide bonds. The summed E-state index contributed by atoms with van der Waals surface area (Å²) in [6.45, 7) is 0. The SMILES string of the molecule is Fc1cncc(-c2ccc(Cl)c(C(F)(F)F)n2)c1. The van der Waals surface area contributed by atoms with Crippen LogP contribution in [0.15, 0.2) is 30.6 Å². The minimum Gasteiger partial charge on any atom is -0.261 e. The zero-order valence-corrected chi connectivity index (χ0v) is 9.43. The lowest BCUT2D eigenvalue weighted by atomic mass is 10.2. The molecule has 0 aliphatic rings. The van der Waals surface area contributed by atoms with Gasteiger partial charge in [-0.05, 0) is 18.2 Å². The van der Waals surface area contributed by atoms with Gasteiger partial charge in [0.25, 0.3) is 0 Å². The van der Waals surface area contributed by atoms with Crippen molar-refractivity contribution >= 4 is 11.6 Å². The summed E-state index contributed by atoms with van der Waals surface area (Å²) in [5, 5.41) is -0.504. The monoisotopic (exact) mass is 276 g/mol. The highest BCUT2D eigenvalue weighted by Gasteiger charge is 2.35. The number of aromatic nitrogens is 2. The molecule has 0 bridgehead atoms. The molecule has 0 saturated carbocycles. The van der Waals surface area contributed by atoms with Gasteiger partial charge >= 0.3 is 6.18 Å². The third kappa shape index (κ3) is 2.59. The van der Waals surface area contributed by atoms with Gasteiger partial charge in [-0.15, -0.1) is 0 Å². The van der Waals surface area contributed by atoms with Crippen LogP contribution in [0.5, 0.6) is 0 Å². The molecule has 2 nitrogen and oxygen atoms in total. The molecule has 0 unspecified atom stereocenters. The van der Waals surface area contributed by atoms with Gasteiger partial charge in [0.15, 0.2) is 5.69 Å². The summed E-state index contributed by atoms with van der Waals surface area (Å²) >= 11 is 5.43. The maximum atomic E-state index is 12.9. The van der Waals surface area contributed by atoms with Gasteiger partial charge in [0.05, 0.1) is 16.9 Å². The first-order valence-corrected chi connectivity index (χ1v) is 5.10. The van der Waals surface area contributed by atoms with Crippen molar-refractivity contribution in [2.45, 2.75) is 6.18 Å². The Labute approximate surface area is 104 Å². The summed E-state index contributed by atoms with van der Waals surface area (Å²) in [6.07, 6.45) is -2.49. The molecule has 0 aliphatic carbocycles. The van der Waals surface area contributed by atoms with Gasteiger partial charge in [-0.3, -0.25) is 4.98 Å². The van der Waals surface area contributed by atoms with Crippen molar-refractivity contribution in [1.29, 1.82) is 0 Å². The molecule has 0 spiro atoms. The van der Waals surface area contributed by atoms with E-state index >= 15 is 0 Å². The van der Waals surface area contributed by atoms with Gasteiger partial charge in [-0.25, -0.2) is 9.37 Å². The number of nitrogens with zero attached hydrogens (tertiary/aromatic N) is 2. The van der Waals surface area contributed by atoms with E-state index in [0.717, 1.165) is 18.3 Å². The number of pyridine rings is 2. The maximum Gasteiger partial charge on any atom is 0.434 e. The van der Waals surface area contributed by atoms with Crippen molar-refractivity contribution in [3.8, 4) is 11.3 Å². The smallest absolute Gasteiger partial charge is 0.261 e. The first-order valence-electron chi connectivity index (χ1n) is 4.72. The topological polar surface area (TPSA) is 25.8 Å². The van der Waals surface area contributed by atoms with Crippen LogP contribution >= 0.6 is 11.6 Å². The molecular weight excluding hydrogens is 272 g/mol. The first kappa shape index (κ1) is 12.8. The Morgan fingerprint density at radius 3 is 2.44 bits per heavy atom. The summed E-state index contributed by atoms with van der Waals surface area (Å²) in [4.78, 5) is 6.94. The van der Waals surface area contributed by atoms with E-state index in [4.69, 9.17) is 11.6 Å². The van der Waals surface area contributed by atoms with Crippen molar-refractivity contribution in [3.63, 3.8) is 0 Å². The van der Waals surface area contributed by atoms with Crippen LogP contribution in [0.3, 0.4) is 0 Å². The molecule has 0 atom stereocenters. The second-order valence-electron chi connectivity index (χ2n) is 3.42. The van der Waals surface area contributed by atoms with Crippen molar-refractivity contribution in [2.75, 3.05) is 0 Å². The fourth-order valence-corrected chi connectivity index (χ4v) is 1.57. The molecule has 18 heavy (non-hydrogen) atoms. The fourth-order valence-electron chi connectivity index (χ4n) is 1.35. The Morgan fingerprint density at radius 1 is 1.11 bits per heavy atom. The van der Waals surface area contributed by atoms with Gasteiger partial charge in [0.2, 0.25) is 0 Å². The zero-order valence-electron chi connectivity index (χ0n) is 8.67. The average Bonchev–Trinajstić information content (AvgIpc) is 2.28. The van der Waals surface area contributed by atoms with Crippen LogP contribution in [-0.2, 0) is 6.18 Å². The molecular formula is C11H5ClF4N2. The normalized spacial score (nSPS) is 11.6. The highest BCUT2D eigenvalue weighted by atomic mass is 35.5. The lowest BCUT2D eigenvalue weighted by Gasteiger charge is -2.09. The molecule has 0 aromatic carbocycles. The Morgan fingerprint density at radius 2 is 1.83 bits per heavy atom. The lowest BCUT2D eigenvalue weighted by Crippen LogP contribution is -2.09. The highest BCUT2D eigenvalue weighted by Crippen LogP contribution is 2.34. The average molecular weight is 277 g/mol. The largest absolute Gasteiger partial charge is 0.434 e. The molecule has 0 saturated heterocycles. The van der Waals surface area contributed by atoms with E-state index in [-0.39, 0.29) is 11.3 Å². The van der Waals surface area contributed by atoms with E-state index in [9.17, 15) is 17.6 Å². The second kappa shape index (κ2) is 4.53. The third-order valence-corrected chi connectivity index (χ3v) is 2.42. The zero-order chi connectivity index (χ0) is 13.3. The van der Waals surface area contributed by atoms with E-state index < -0.39 is 22.7 Å². The predicted octanol–water partition coefficient (Wildman–Crippen LogP) is 3.95. The molecule has 2 aromatic rings. The van der Waals surface area contributed by atoms with E-state index in [2.05, 4.69) is 9.97 Å². The summed E-state index contributed by atoms with van der Waals surface area (Å²) in [5.74, 6) is -0.655. The van der Waals surface area contributed by atoms with Gasteiger partial charge in [-0.1, -0.05) is 11.6 Å². The molecule has 2 aromatic heterocycles. The van der Waals surface area contributed by atoms with E-state index in [1.54, 1.807) is 0 Å². The van der Waals surface area contributed by atoms with E-state index in [1.807, 2.05) is 0 Å². The Bertz CT molecular complexity index is 583. The summed E-state index contributed by atoms with van der Waals surface area (Å²) in [6, 6.07) is 3.38. The minimum absolute atomic E-state index is 0.0428. The molecule has 2 rings (SSSR count). The summed E-state index contributed by atoms with van der Waals surface area (Å²) in [7, 11) is 0. The highest BCUT2D eigenvalue weighted by molar-refractivity contribution is 6.31. The first-order chi connectivity index (χ1) is 8.38. The Hall–Kier alpha value is -1.69. The molecule has 94 valence electrons. The molecule has 0 fully saturated rings. The number of alkyl halides is 3. The van der Waals surface area contributed by atoms with Crippen molar-refractivity contribution in [1.82, 2.24) is 9.97 Å². The van der Waals surface area contributed by atoms with Crippen LogP contribution in [0.4, 0.5) is 17.6 Å². The number of halogens is 5. The van der Waals surface area contributed by atoms with Gasteiger partial charge < -0.3 is 0 Å². The number of hydrogen-bond acceptors (Lipinski definition) is 2. The fraction of sp³-hybridized carbons (Fsp3) is 0.0909. The standard InChI is InChI=1S/C11H5ClF4N2/c12-8-1-2-9(18-10(8)11(14,15)16)6-3-7(13)5-17-4-6/h1-5H. The molecule has 2 heterocycles. The third-order valence-electron chi connectivity index (χ3n) is 2.12.